The lowest BCUT2D eigenvalue weighted by atomic mass is 10.2. The van der Waals surface area contributed by atoms with Gasteiger partial charge < -0.3 is 9.72 Å². The molecular formula is C15H16N2O4. The lowest BCUT2D eigenvalue weighted by molar-refractivity contribution is -0.139. The number of aromatic amines is 1. The standard InChI is InChI=1S/C15H16N2O4/c1-3-10(2)14(19)21-9-8-17-13(18)11-6-4-5-7-12(11)16-15(17)20/h4-7H,2-3,8-9H2,1H3,(H,16,20). The Morgan fingerprint density at radius 1 is 1.33 bits per heavy atom. The Morgan fingerprint density at radius 3 is 2.76 bits per heavy atom. The first-order valence-corrected chi connectivity index (χ1v) is 6.61. The Kier molecular flexibility index (Phi) is 4.37. The highest BCUT2D eigenvalue weighted by atomic mass is 16.5. The van der Waals surface area contributed by atoms with Gasteiger partial charge in [-0.3, -0.25) is 9.36 Å². The van der Waals surface area contributed by atoms with Crippen molar-refractivity contribution in [2.75, 3.05) is 6.61 Å². The number of esters is 1. The largest absolute Gasteiger partial charge is 0.460 e. The van der Waals surface area contributed by atoms with Crippen LogP contribution in [0.15, 0.2) is 46.0 Å². The number of ether oxygens (including phenoxy) is 1. The van der Waals surface area contributed by atoms with Crippen molar-refractivity contribution in [2.45, 2.75) is 19.9 Å². The molecule has 1 N–H and O–H groups in total. The fourth-order valence-corrected chi connectivity index (χ4v) is 1.88. The van der Waals surface area contributed by atoms with Crippen LogP contribution in [0.5, 0.6) is 0 Å². The Hall–Kier alpha value is -2.63. The fraction of sp³-hybridized carbons (Fsp3) is 0.267. The number of nitrogens with one attached hydrogen (secondary N) is 1. The first kappa shape index (κ1) is 14.8. The Labute approximate surface area is 120 Å². The fourth-order valence-electron chi connectivity index (χ4n) is 1.88. The third kappa shape index (κ3) is 3.10. The summed E-state index contributed by atoms with van der Waals surface area (Å²) >= 11 is 0. The molecule has 0 atom stereocenters. The number of hydrogen-bond acceptors (Lipinski definition) is 4. The zero-order chi connectivity index (χ0) is 15.4. The van der Waals surface area contributed by atoms with Crippen LogP contribution in [0.3, 0.4) is 0 Å². The van der Waals surface area contributed by atoms with E-state index >= 15 is 0 Å². The average molecular weight is 288 g/mol. The van der Waals surface area contributed by atoms with E-state index in [2.05, 4.69) is 11.6 Å². The third-order valence-electron chi connectivity index (χ3n) is 3.15. The quantitative estimate of drug-likeness (QED) is 0.662. The number of carbonyl (C=O) groups excluding carboxylic acids is 1. The second kappa shape index (κ2) is 6.21. The summed E-state index contributed by atoms with van der Waals surface area (Å²) in [6, 6.07) is 6.75. The zero-order valence-electron chi connectivity index (χ0n) is 11.7. The molecule has 0 aliphatic heterocycles. The van der Waals surface area contributed by atoms with Crippen LogP contribution in [-0.4, -0.2) is 22.1 Å². The first-order chi connectivity index (χ1) is 10.0. The number of benzene rings is 1. The topological polar surface area (TPSA) is 81.2 Å². The molecule has 1 aromatic heterocycles. The van der Waals surface area contributed by atoms with Crippen molar-refractivity contribution >= 4 is 16.9 Å². The van der Waals surface area contributed by atoms with Crippen LogP contribution in [0.2, 0.25) is 0 Å². The van der Waals surface area contributed by atoms with Crippen molar-refractivity contribution in [3.05, 3.63) is 57.3 Å². The van der Waals surface area contributed by atoms with Gasteiger partial charge >= 0.3 is 11.7 Å². The van der Waals surface area contributed by atoms with Gasteiger partial charge in [0.25, 0.3) is 5.56 Å². The molecule has 1 heterocycles. The molecule has 1 aromatic carbocycles. The molecule has 2 rings (SSSR count). The summed E-state index contributed by atoms with van der Waals surface area (Å²) in [6.45, 7) is 5.30. The maximum atomic E-state index is 12.2. The molecule has 0 spiro atoms. The molecule has 0 saturated heterocycles. The molecule has 0 amide bonds. The van der Waals surface area contributed by atoms with Gasteiger partial charge in [0.05, 0.1) is 17.4 Å². The number of fused-ring (bicyclic) bond motifs is 1. The summed E-state index contributed by atoms with van der Waals surface area (Å²) < 4.78 is 5.99. The van der Waals surface area contributed by atoms with E-state index in [1.807, 2.05) is 0 Å². The minimum Gasteiger partial charge on any atom is -0.460 e. The Bertz CT molecular complexity index is 801. The van der Waals surface area contributed by atoms with Gasteiger partial charge in [-0.15, -0.1) is 0 Å². The monoisotopic (exact) mass is 288 g/mol. The van der Waals surface area contributed by atoms with Gasteiger partial charge in [-0.2, -0.15) is 0 Å². The van der Waals surface area contributed by atoms with E-state index in [9.17, 15) is 14.4 Å². The molecule has 6 nitrogen and oxygen atoms in total. The lowest BCUT2D eigenvalue weighted by Gasteiger charge is -2.08. The number of hydrogen-bond donors (Lipinski definition) is 1. The second-order valence-corrected chi connectivity index (χ2v) is 4.53. The number of para-hydroxylation sites is 1. The summed E-state index contributed by atoms with van der Waals surface area (Å²) in [6.07, 6.45) is 0.495. The van der Waals surface area contributed by atoms with Gasteiger partial charge in [0.2, 0.25) is 0 Å². The minimum atomic E-state index is -0.524. The van der Waals surface area contributed by atoms with Crippen molar-refractivity contribution in [1.82, 2.24) is 9.55 Å². The van der Waals surface area contributed by atoms with E-state index in [-0.39, 0.29) is 13.2 Å². The van der Waals surface area contributed by atoms with Crippen LogP contribution in [0.25, 0.3) is 10.9 Å². The number of nitrogens with zero attached hydrogens (tertiary/aromatic N) is 1. The molecule has 110 valence electrons. The number of H-pyrrole nitrogens is 1. The van der Waals surface area contributed by atoms with Crippen molar-refractivity contribution < 1.29 is 9.53 Å². The van der Waals surface area contributed by atoms with Gasteiger partial charge in [-0.1, -0.05) is 25.6 Å². The van der Waals surface area contributed by atoms with E-state index in [0.29, 0.717) is 22.9 Å². The van der Waals surface area contributed by atoms with Crippen LogP contribution in [0.1, 0.15) is 13.3 Å². The predicted octanol–water partition coefficient (Wildman–Crippen LogP) is 1.20. The van der Waals surface area contributed by atoms with E-state index in [1.54, 1.807) is 31.2 Å². The maximum absolute atomic E-state index is 12.2. The van der Waals surface area contributed by atoms with Gasteiger partial charge in [0.15, 0.2) is 0 Å². The molecule has 21 heavy (non-hydrogen) atoms. The molecule has 0 radical (unpaired) electrons. The lowest BCUT2D eigenvalue weighted by Crippen LogP contribution is -2.36. The second-order valence-electron chi connectivity index (χ2n) is 4.53. The summed E-state index contributed by atoms with van der Waals surface area (Å²) in [5.74, 6) is -0.511. The Balaban J connectivity index is 2.20. The summed E-state index contributed by atoms with van der Waals surface area (Å²) in [4.78, 5) is 38.1. The molecule has 0 aliphatic carbocycles. The maximum Gasteiger partial charge on any atom is 0.333 e. The highest BCUT2D eigenvalue weighted by Crippen LogP contribution is 2.03. The van der Waals surface area contributed by atoms with Crippen molar-refractivity contribution in [1.29, 1.82) is 0 Å². The molecule has 0 bridgehead atoms. The van der Waals surface area contributed by atoms with Gasteiger partial charge in [0, 0.05) is 5.57 Å². The van der Waals surface area contributed by atoms with Crippen LogP contribution < -0.4 is 11.2 Å². The first-order valence-electron chi connectivity index (χ1n) is 6.61. The van der Waals surface area contributed by atoms with Crippen LogP contribution in [-0.2, 0) is 16.1 Å². The van der Waals surface area contributed by atoms with E-state index in [0.717, 1.165) is 4.57 Å². The normalized spacial score (nSPS) is 10.5. The molecule has 0 saturated carbocycles. The summed E-state index contributed by atoms with van der Waals surface area (Å²) in [5, 5.41) is 0.418. The van der Waals surface area contributed by atoms with Gasteiger partial charge in [-0.25, -0.2) is 9.59 Å². The predicted molar refractivity (Wildman–Crippen MR) is 79.2 cm³/mol. The smallest absolute Gasteiger partial charge is 0.333 e. The van der Waals surface area contributed by atoms with Gasteiger partial charge in [-0.05, 0) is 18.6 Å². The Morgan fingerprint density at radius 2 is 2.05 bits per heavy atom. The molecule has 0 aliphatic rings. The van der Waals surface area contributed by atoms with Crippen molar-refractivity contribution in [2.24, 2.45) is 0 Å². The SMILES string of the molecule is C=C(CC)C(=O)OCCn1c(=O)[nH]c2ccccc2c1=O. The molecule has 0 unspecified atom stereocenters. The summed E-state index contributed by atoms with van der Waals surface area (Å²) in [7, 11) is 0. The number of rotatable bonds is 5. The van der Waals surface area contributed by atoms with E-state index in [4.69, 9.17) is 4.74 Å². The van der Waals surface area contributed by atoms with Gasteiger partial charge in [0.1, 0.15) is 6.61 Å². The average Bonchev–Trinajstić information content (AvgIpc) is 2.49. The third-order valence-corrected chi connectivity index (χ3v) is 3.15. The molecule has 6 heteroatoms. The van der Waals surface area contributed by atoms with E-state index < -0.39 is 17.2 Å². The number of carbonyl (C=O) groups is 1. The van der Waals surface area contributed by atoms with Crippen LogP contribution in [0.4, 0.5) is 0 Å². The van der Waals surface area contributed by atoms with Crippen molar-refractivity contribution in [3.8, 4) is 0 Å². The molecule has 0 fully saturated rings. The van der Waals surface area contributed by atoms with Crippen molar-refractivity contribution in [3.63, 3.8) is 0 Å². The number of aromatic nitrogens is 2. The highest BCUT2D eigenvalue weighted by Gasteiger charge is 2.09. The van der Waals surface area contributed by atoms with Crippen LogP contribution in [0, 0.1) is 0 Å². The minimum absolute atomic E-state index is 0.00172. The van der Waals surface area contributed by atoms with Crippen LogP contribution >= 0.6 is 0 Å². The molecular weight excluding hydrogens is 272 g/mol. The zero-order valence-corrected chi connectivity index (χ0v) is 11.7. The summed E-state index contributed by atoms with van der Waals surface area (Å²) in [5.41, 5.74) is -0.0846. The van der Waals surface area contributed by atoms with E-state index in [1.165, 1.54) is 0 Å². The highest BCUT2D eigenvalue weighted by molar-refractivity contribution is 5.87. The molecule has 2 aromatic rings.